The van der Waals surface area contributed by atoms with Gasteiger partial charge in [0.1, 0.15) is 0 Å². The van der Waals surface area contributed by atoms with E-state index in [1.807, 2.05) is 0 Å². The van der Waals surface area contributed by atoms with E-state index in [0.29, 0.717) is 6.04 Å². The van der Waals surface area contributed by atoms with E-state index >= 15 is 0 Å². The lowest BCUT2D eigenvalue weighted by atomic mass is 10.1. The van der Waals surface area contributed by atoms with Gasteiger partial charge in [-0.1, -0.05) is 20.8 Å². The van der Waals surface area contributed by atoms with E-state index < -0.39 is 0 Å². The Morgan fingerprint density at radius 2 is 2.07 bits per heavy atom. The van der Waals surface area contributed by atoms with Crippen LogP contribution in [0.4, 0.5) is 0 Å². The minimum Gasteiger partial charge on any atom is -0.354 e. The Balaban J connectivity index is 2.57. The van der Waals surface area contributed by atoms with Crippen LogP contribution in [0.3, 0.4) is 0 Å². The van der Waals surface area contributed by atoms with Gasteiger partial charge in [0.25, 0.3) is 0 Å². The van der Waals surface area contributed by atoms with Crippen LogP contribution in [0, 0.1) is 0 Å². The Morgan fingerprint density at radius 3 is 2.67 bits per heavy atom. The van der Waals surface area contributed by atoms with Crippen LogP contribution in [0.15, 0.2) is 18.5 Å². The maximum absolute atomic E-state index is 3.58. The van der Waals surface area contributed by atoms with E-state index in [2.05, 4.69) is 49.1 Å². The first kappa shape index (κ1) is 12.3. The fourth-order valence-electron chi connectivity index (χ4n) is 1.88. The third kappa shape index (κ3) is 3.71. The largest absolute Gasteiger partial charge is 0.354 e. The molecule has 86 valence electrons. The maximum Gasteiger partial charge on any atom is 0.0332 e. The molecule has 0 radical (unpaired) electrons. The third-order valence-electron chi connectivity index (χ3n) is 2.71. The molecule has 2 nitrogen and oxygen atoms in total. The predicted molar refractivity (Wildman–Crippen MR) is 66.0 cm³/mol. The predicted octanol–water partition coefficient (Wildman–Crippen LogP) is 3.35. The average molecular weight is 208 g/mol. The quantitative estimate of drug-likeness (QED) is 0.727. The van der Waals surface area contributed by atoms with Gasteiger partial charge in [-0.2, -0.15) is 0 Å². The molecule has 1 aromatic heterocycles. The molecule has 0 saturated carbocycles. The van der Waals surface area contributed by atoms with Gasteiger partial charge >= 0.3 is 0 Å². The lowest BCUT2D eigenvalue weighted by Gasteiger charge is -2.14. The van der Waals surface area contributed by atoms with E-state index in [-0.39, 0.29) is 0 Å². The zero-order valence-corrected chi connectivity index (χ0v) is 10.3. The van der Waals surface area contributed by atoms with Crippen molar-refractivity contribution in [2.75, 3.05) is 6.54 Å². The van der Waals surface area contributed by atoms with Gasteiger partial charge in [-0.25, -0.2) is 0 Å². The molecule has 1 N–H and O–H groups in total. The van der Waals surface area contributed by atoms with Crippen molar-refractivity contribution in [2.24, 2.45) is 0 Å². The molecule has 0 aliphatic rings. The van der Waals surface area contributed by atoms with Crippen LogP contribution in [-0.2, 0) is 6.54 Å². The fraction of sp³-hybridized carbons (Fsp3) is 0.692. The monoisotopic (exact) mass is 208 g/mol. The Bertz CT molecular complexity index is 265. The summed E-state index contributed by atoms with van der Waals surface area (Å²) in [6.45, 7) is 8.90. The molecule has 1 aromatic rings. The van der Waals surface area contributed by atoms with Crippen molar-refractivity contribution in [3.63, 3.8) is 0 Å². The summed E-state index contributed by atoms with van der Waals surface area (Å²) >= 11 is 0. The van der Waals surface area contributed by atoms with Gasteiger partial charge in [0.15, 0.2) is 0 Å². The number of nitrogens with one attached hydrogen (secondary N) is 1. The first-order chi connectivity index (χ1) is 7.31. The summed E-state index contributed by atoms with van der Waals surface area (Å²) in [5, 5.41) is 3.58. The van der Waals surface area contributed by atoms with E-state index in [1.165, 1.54) is 18.4 Å². The zero-order chi connectivity index (χ0) is 11.1. The van der Waals surface area contributed by atoms with Gasteiger partial charge in [0.2, 0.25) is 0 Å². The molecule has 0 fully saturated rings. The van der Waals surface area contributed by atoms with Crippen LogP contribution in [-0.4, -0.2) is 11.1 Å². The van der Waals surface area contributed by atoms with E-state index in [4.69, 9.17) is 0 Å². The Labute approximate surface area is 93.7 Å². The van der Waals surface area contributed by atoms with Crippen molar-refractivity contribution < 1.29 is 0 Å². The number of rotatable bonds is 7. The summed E-state index contributed by atoms with van der Waals surface area (Å²) in [6, 6.07) is 2.77. The molecule has 1 atom stereocenters. The molecule has 0 aliphatic carbocycles. The van der Waals surface area contributed by atoms with Crippen LogP contribution in [0.25, 0.3) is 0 Å². The molecular formula is C13H24N2. The summed E-state index contributed by atoms with van der Waals surface area (Å²) in [5.41, 5.74) is 1.43. The second-order valence-electron chi connectivity index (χ2n) is 4.10. The molecule has 0 saturated heterocycles. The smallest absolute Gasteiger partial charge is 0.0332 e. The molecule has 1 rings (SSSR count). The summed E-state index contributed by atoms with van der Waals surface area (Å²) in [6.07, 6.45) is 8.03. The number of hydrogen-bond acceptors (Lipinski definition) is 1. The lowest BCUT2D eigenvalue weighted by molar-refractivity contribution is 0.517. The molecule has 0 amide bonds. The van der Waals surface area contributed by atoms with E-state index in [0.717, 1.165) is 19.5 Å². The molecule has 2 heteroatoms. The average Bonchev–Trinajstić information content (AvgIpc) is 2.68. The van der Waals surface area contributed by atoms with Gasteiger partial charge < -0.3 is 9.88 Å². The minimum absolute atomic E-state index is 0.531. The maximum atomic E-state index is 3.58. The highest BCUT2D eigenvalue weighted by Crippen LogP contribution is 2.16. The number of aromatic nitrogens is 1. The fourth-order valence-corrected chi connectivity index (χ4v) is 1.88. The van der Waals surface area contributed by atoms with Crippen LogP contribution in [0.2, 0.25) is 0 Å². The van der Waals surface area contributed by atoms with Gasteiger partial charge in [0.05, 0.1) is 0 Å². The van der Waals surface area contributed by atoms with Crippen molar-refractivity contribution in [1.29, 1.82) is 0 Å². The summed E-state index contributed by atoms with van der Waals surface area (Å²) < 4.78 is 2.28. The molecule has 0 bridgehead atoms. The normalized spacial score (nSPS) is 13.0. The van der Waals surface area contributed by atoms with Crippen molar-refractivity contribution in [3.8, 4) is 0 Å². The van der Waals surface area contributed by atoms with Crippen LogP contribution < -0.4 is 5.32 Å². The number of nitrogens with zero attached hydrogens (tertiary/aromatic N) is 1. The number of hydrogen-bond donors (Lipinski definition) is 1. The minimum atomic E-state index is 0.531. The standard InChI is InChI=1S/C13H24N2/c1-4-8-14-13(6-3)12-7-10-15(11-12)9-5-2/h7,10-11,13-14H,4-6,8-9H2,1-3H3. The third-order valence-corrected chi connectivity index (χ3v) is 2.71. The Hall–Kier alpha value is -0.760. The van der Waals surface area contributed by atoms with Crippen molar-refractivity contribution >= 4 is 0 Å². The van der Waals surface area contributed by atoms with Gasteiger partial charge in [-0.15, -0.1) is 0 Å². The summed E-state index contributed by atoms with van der Waals surface area (Å²) in [4.78, 5) is 0. The molecule has 0 aliphatic heterocycles. The SMILES string of the molecule is CCCNC(CC)c1ccn(CCC)c1. The van der Waals surface area contributed by atoms with Gasteiger partial charge in [0, 0.05) is 25.0 Å². The first-order valence-corrected chi connectivity index (χ1v) is 6.20. The highest BCUT2D eigenvalue weighted by molar-refractivity contribution is 5.15. The molecule has 1 unspecified atom stereocenters. The highest BCUT2D eigenvalue weighted by Gasteiger charge is 2.08. The Kier molecular flexibility index (Phi) is 5.48. The molecule has 0 aromatic carbocycles. The Morgan fingerprint density at radius 1 is 1.27 bits per heavy atom. The molecule has 15 heavy (non-hydrogen) atoms. The second-order valence-corrected chi connectivity index (χ2v) is 4.10. The van der Waals surface area contributed by atoms with Crippen molar-refractivity contribution in [2.45, 2.75) is 52.6 Å². The summed E-state index contributed by atoms with van der Waals surface area (Å²) in [7, 11) is 0. The highest BCUT2D eigenvalue weighted by atomic mass is 15.0. The van der Waals surface area contributed by atoms with Gasteiger partial charge in [-0.3, -0.25) is 0 Å². The van der Waals surface area contributed by atoms with Crippen molar-refractivity contribution in [1.82, 2.24) is 9.88 Å². The summed E-state index contributed by atoms with van der Waals surface area (Å²) in [5.74, 6) is 0. The topological polar surface area (TPSA) is 17.0 Å². The molecular weight excluding hydrogens is 184 g/mol. The van der Waals surface area contributed by atoms with Crippen LogP contribution in [0.5, 0.6) is 0 Å². The van der Waals surface area contributed by atoms with Crippen LogP contribution in [0.1, 0.15) is 51.6 Å². The lowest BCUT2D eigenvalue weighted by Crippen LogP contribution is -2.21. The second kappa shape index (κ2) is 6.67. The van der Waals surface area contributed by atoms with Crippen molar-refractivity contribution in [3.05, 3.63) is 24.0 Å². The van der Waals surface area contributed by atoms with Gasteiger partial charge in [-0.05, 0) is 37.4 Å². The molecule has 1 heterocycles. The van der Waals surface area contributed by atoms with Crippen LogP contribution >= 0.6 is 0 Å². The first-order valence-electron chi connectivity index (χ1n) is 6.20. The van der Waals surface area contributed by atoms with E-state index in [9.17, 15) is 0 Å². The van der Waals surface area contributed by atoms with E-state index in [1.54, 1.807) is 0 Å². The molecule has 0 spiro atoms. The number of aryl methyl sites for hydroxylation is 1. The zero-order valence-electron chi connectivity index (χ0n) is 10.3.